The summed E-state index contributed by atoms with van der Waals surface area (Å²) in [4.78, 5) is 14.8. The van der Waals surface area contributed by atoms with Crippen LogP contribution >= 0.6 is 0 Å². The predicted octanol–water partition coefficient (Wildman–Crippen LogP) is 1.69. The smallest absolute Gasteiger partial charge is 0.254 e. The van der Waals surface area contributed by atoms with Gasteiger partial charge in [0.15, 0.2) is 0 Å². The zero-order valence-corrected chi connectivity index (χ0v) is 15.6. The molecule has 0 bridgehead atoms. The highest BCUT2D eigenvalue weighted by molar-refractivity contribution is 7.89. The molecule has 2 fully saturated rings. The lowest BCUT2D eigenvalue weighted by Crippen LogP contribution is -2.52. The van der Waals surface area contributed by atoms with Crippen LogP contribution in [0.1, 0.15) is 43.0 Å². The molecule has 25 heavy (non-hydrogen) atoms. The van der Waals surface area contributed by atoms with Crippen LogP contribution in [-0.2, 0) is 10.0 Å². The highest BCUT2D eigenvalue weighted by Gasteiger charge is 2.28. The van der Waals surface area contributed by atoms with Crippen molar-refractivity contribution in [3.63, 3.8) is 0 Å². The zero-order valence-electron chi connectivity index (χ0n) is 14.8. The zero-order chi connectivity index (χ0) is 17.9. The van der Waals surface area contributed by atoms with Crippen molar-refractivity contribution in [1.29, 1.82) is 0 Å². The Hall–Kier alpha value is -1.44. The predicted molar refractivity (Wildman–Crippen MR) is 97.0 cm³/mol. The second-order valence-corrected chi connectivity index (χ2v) is 8.84. The van der Waals surface area contributed by atoms with Gasteiger partial charge in [-0.25, -0.2) is 8.42 Å². The van der Waals surface area contributed by atoms with Crippen LogP contribution in [0.2, 0.25) is 0 Å². The largest absolute Gasteiger partial charge is 0.333 e. The van der Waals surface area contributed by atoms with E-state index in [0.29, 0.717) is 25.2 Å². The Bertz CT molecular complexity index is 712. The molecule has 1 atom stereocenters. The summed E-state index contributed by atoms with van der Waals surface area (Å²) in [5, 5.41) is 3.26. The lowest BCUT2D eigenvalue weighted by molar-refractivity contribution is 0.0655. The van der Waals surface area contributed by atoms with Crippen molar-refractivity contribution in [2.24, 2.45) is 0 Å². The molecular formula is C18H27N3O3S. The van der Waals surface area contributed by atoms with Gasteiger partial charge in [-0.1, -0.05) is 18.9 Å². The first-order valence-electron chi connectivity index (χ1n) is 9.12. The molecule has 0 saturated carbocycles. The minimum Gasteiger partial charge on any atom is -0.333 e. The number of benzene rings is 1. The summed E-state index contributed by atoms with van der Waals surface area (Å²) < 4.78 is 27.5. The molecule has 2 aliphatic heterocycles. The fourth-order valence-corrected chi connectivity index (χ4v) is 5.09. The summed E-state index contributed by atoms with van der Waals surface area (Å²) in [5.74, 6) is -0.0954. The Balaban J connectivity index is 1.84. The van der Waals surface area contributed by atoms with Gasteiger partial charge in [-0.2, -0.15) is 4.31 Å². The monoisotopic (exact) mass is 365 g/mol. The van der Waals surface area contributed by atoms with Crippen molar-refractivity contribution in [2.45, 2.75) is 43.5 Å². The molecule has 1 aromatic rings. The molecule has 2 saturated heterocycles. The summed E-state index contributed by atoms with van der Waals surface area (Å²) in [6.07, 6.45) is 3.95. The van der Waals surface area contributed by atoms with Crippen molar-refractivity contribution in [3.8, 4) is 0 Å². The molecule has 2 heterocycles. The highest BCUT2D eigenvalue weighted by Crippen LogP contribution is 2.22. The Labute approximate surface area is 150 Å². The number of rotatable bonds is 3. The van der Waals surface area contributed by atoms with Gasteiger partial charge in [0, 0.05) is 44.3 Å². The van der Waals surface area contributed by atoms with Gasteiger partial charge < -0.3 is 10.2 Å². The summed E-state index contributed by atoms with van der Waals surface area (Å²) in [6.45, 7) is 5.30. The third kappa shape index (κ3) is 4.04. The molecule has 1 aromatic carbocycles. The van der Waals surface area contributed by atoms with E-state index >= 15 is 0 Å². The Morgan fingerprint density at radius 2 is 1.84 bits per heavy atom. The van der Waals surface area contributed by atoms with Crippen LogP contribution in [0.3, 0.4) is 0 Å². The molecule has 0 aromatic heterocycles. The van der Waals surface area contributed by atoms with Crippen molar-refractivity contribution in [3.05, 3.63) is 29.8 Å². The van der Waals surface area contributed by atoms with Gasteiger partial charge in [0.1, 0.15) is 0 Å². The highest BCUT2D eigenvalue weighted by atomic mass is 32.2. The number of nitrogens with one attached hydrogen (secondary N) is 1. The molecule has 1 amide bonds. The summed E-state index contributed by atoms with van der Waals surface area (Å²) in [6, 6.07) is 6.62. The molecule has 0 radical (unpaired) electrons. The average Bonchev–Trinajstić information content (AvgIpc) is 2.92. The summed E-state index contributed by atoms with van der Waals surface area (Å²) in [5.41, 5.74) is 0.449. The van der Waals surface area contributed by atoms with E-state index in [2.05, 4.69) is 5.32 Å². The van der Waals surface area contributed by atoms with Gasteiger partial charge in [0.2, 0.25) is 10.0 Å². The molecule has 1 unspecified atom stereocenters. The number of sulfonamides is 1. The van der Waals surface area contributed by atoms with E-state index < -0.39 is 10.0 Å². The molecule has 7 heteroatoms. The van der Waals surface area contributed by atoms with Crippen molar-refractivity contribution in [1.82, 2.24) is 14.5 Å². The van der Waals surface area contributed by atoms with Gasteiger partial charge in [0.05, 0.1) is 4.90 Å². The SMILES string of the molecule is CC1CNCCN1C(=O)c1cccc(S(=O)(=O)N2CCCCCC2)c1. The Kier molecular flexibility index (Phi) is 5.76. The lowest BCUT2D eigenvalue weighted by Gasteiger charge is -2.34. The van der Waals surface area contributed by atoms with Crippen LogP contribution in [0.15, 0.2) is 29.2 Å². The van der Waals surface area contributed by atoms with E-state index in [1.54, 1.807) is 22.5 Å². The van der Waals surface area contributed by atoms with Crippen LogP contribution < -0.4 is 5.32 Å². The first kappa shape index (κ1) is 18.4. The first-order valence-corrected chi connectivity index (χ1v) is 10.6. The lowest BCUT2D eigenvalue weighted by atomic mass is 10.1. The van der Waals surface area contributed by atoms with Crippen molar-refractivity contribution >= 4 is 15.9 Å². The topological polar surface area (TPSA) is 69.7 Å². The Morgan fingerprint density at radius 3 is 2.52 bits per heavy atom. The third-order valence-electron chi connectivity index (χ3n) is 5.05. The van der Waals surface area contributed by atoms with Crippen LogP contribution in [0, 0.1) is 0 Å². The number of hydrogen-bond donors (Lipinski definition) is 1. The number of carbonyl (C=O) groups excluding carboxylic acids is 1. The fraction of sp³-hybridized carbons (Fsp3) is 0.611. The maximum Gasteiger partial charge on any atom is 0.254 e. The van der Waals surface area contributed by atoms with Crippen LogP contribution in [0.25, 0.3) is 0 Å². The maximum absolute atomic E-state index is 12.9. The van der Waals surface area contributed by atoms with E-state index in [0.717, 1.165) is 38.8 Å². The van der Waals surface area contributed by atoms with Gasteiger partial charge in [-0.3, -0.25) is 4.79 Å². The van der Waals surface area contributed by atoms with Crippen molar-refractivity contribution in [2.75, 3.05) is 32.7 Å². The molecule has 138 valence electrons. The number of nitrogens with zero attached hydrogens (tertiary/aromatic N) is 2. The fourth-order valence-electron chi connectivity index (χ4n) is 3.53. The quantitative estimate of drug-likeness (QED) is 0.885. The minimum absolute atomic E-state index is 0.0954. The van der Waals surface area contributed by atoms with E-state index in [-0.39, 0.29) is 16.8 Å². The van der Waals surface area contributed by atoms with Gasteiger partial charge >= 0.3 is 0 Å². The normalized spacial score (nSPS) is 23.2. The second kappa shape index (κ2) is 7.85. The average molecular weight is 365 g/mol. The van der Waals surface area contributed by atoms with E-state index in [1.807, 2.05) is 11.8 Å². The van der Waals surface area contributed by atoms with Gasteiger partial charge in [-0.15, -0.1) is 0 Å². The first-order chi connectivity index (χ1) is 12.0. The van der Waals surface area contributed by atoms with E-state index in [1.165, 1.54) is 6.07 Å². The Morgan fingerprint density at radius 1 is 1.12 bits per heavy atom. The second-order valence-electron chi connectivity index (χ2n) is 6.90. The number of amides is 1. The van der Waals surface area contributed by atoms with Gasteiger partial charge in [0.25, 0.3) is 5.91 Å². The molecule has 6 nitrogen and oxygen atoms in total. The third-order valence-corrected chi connectivity index (χ3v) is 6.94. The standard InChI is InChI=1S/C18H27N3O3S/c1-15-14-19-9-12-21(15)18(22)16-7-6-8-17(13-16)25(23,24)20-10-4-2-3-5-11-20/h6-8,13,15,19H,2-5,9-12,14H2,1H3. The molecule has 1 N–H and O–H groups in total. The van der Waals surface area contributed by atoms with E-state index in [9.17, 15) is 13.2 Å². The summed E-state index contributed by atoms with van der Waals surface area (Å²) >= 11 is 0. The van der Waals surface area contributed by atoms with Crippen LogP contribution in [-0.4, -0.2) is 62.3 Å². The van der Waals surface area contributed by atoms with Gasteiger partial charge in [-0.05, 0) is 38.0 Å². The number of hydrogen-bond acceptors (Lipinski definition) is 4. The van der Waals surface area contributed by atoms with Crippen molar-refractivity contribution < 1.29 is 13.2 Å². The molecule has 0 spiro atoms. The minimum atomic E-state index is -3.54. The number of carbonyl (C=O) groups is 1. The summed E-state index contributed by atoms with van der Waals surface area (Å²) in [7, 11) is -3.54. The van der Waals surface area contributed by atoms with Crippen LogP contribution in [0.5, 0.6) is 0 Å². The molecule has 2 aliphatic rings. The molecule has 0 aliphatic carbocycles. The maximum atomic E-state index is 12.9. The van der Waals surface area contributed by atoms with E-state index in [4.69, 9.17) is 0 Å². The molecule has 3 rings (SSSR count). The molecular weight excluding hydrogens is 338 g/mol. The van der Waals surface area contributed by atoms with Crippen LogP contribution in [0.4, 0.5) is 0 Å². The number of piperazine rings is 1.